The first-order valence-electron chi connectivity index (χ1n) is 4.47. The summed E-state index contributed by atoms with van der Waals surface area (Å²) in [6, 6.07) is -0.354. The Morgan fingerprint density at radius 3 is 1.93 bits per heavy atom. The lowest BCUT2D eigenvalue weighted by Gasteiger charge is -2.40. The summed E-state index contributed by atoms with van der Waals surface area (Å²) in [7, 11) is 3.00. The monoisotopic (exact) mass is 199 g/mol. The minimum absolute atomic E-state index is 0.0718. The van der Waals surface area contributed by atoms with E-state index in [2.05, 4.69) is 0 Å². The summed E-state index contributed by atoms with van der Waals surface area (Å²) in [6.45, 7) is 5.39. The lowest BCUT2D eigenvalue weighted by Crippen LogP contribution is -2.57. The van der Waals surface area contributed by atoms with Crippen LogP contribution in [0.25, 0.3) is 0 Å². The van der Waals surface area contributed by atoms with Crippen LogP contribution in [0, 0.1) is 10.8 Å². The second-order valence-electron chi connectivity index (χ2n) is 4.67. The average molecular weight is 199 g/mol. The number of hydrogen-bond donors (Lipinski definition) is 2. The lowest BCUT2D eigenvalue weighted by atomic mass is 9.82. The predicted octanol–water partition coefficient (Wildman–Crippen LogP) is 0.696. The number of amidine groups is 1. The lowest BCUT2D eigenvalue weighted by molar-refractivity contribution is -0.0795. The molecule has 14 heavy (non-hydrogen) atoms. The van der Waals surface area contributed by atoms with E-state index in [1.807, 2.05) is 0 Å². The SMILES string of the molecule is CN1C(=N)C(O)(C(C)(C)C)N(C)C1=O. The van der Waals surface area contributed by atoms with Crippen LogP contribution >= 0.6 is 0 Å². The van der Waals surface area contributed by atoms with Gasteiger partial charge in [0.15, 0.2) is 5.84 Å². The maximum absolute atomic E-state index is 11.5. The number of amides is 2. The zero-order valence-electron chi connectivity index (χ0n) is 9.25. The quantitative estimate of drug-likeness (QED) is 0.603. The highest BCUT2D eigenvalue weighted by molar-refractivity contribution is 6.07. The number of hydrogen-bond acceptors (Lipinski definition) is 3. The number of likely N-dealkylation sites (N-methyl/N-ethyl adjacent to an activating group) is 2. The van der Waals surface area contributed by atoms with Crippen LogP contribution in [0.3, 0.4) is 0 Å². The van der Waals surface area contributed by atoms with Gasteiger partial charge in [-0.3, -0.25) is 15.2 Å². The standard InChI is InChI=1S/C9H17N3O2/c1-8(2,3)9(14)6(10)11(4)7(13)12(9)5/h10,14H,1-5H3. The molecular weight excluding hydrogens is 182 g/mol. The molecule has 0 aliphatic carbocycles. The van der Waals surface area contributed by atoms with Crippen molar-refractivity contribution in [3.8, 4) is 0 Å². The van der Waals surface area contributed by atoms with E-state index in [1.54, 1.807) is 20.8 Å². The molecule has 0 spiro atoms. The summed E-state index contributed by atoms with van der Waals surface area (Å²) in [4.78, 5) is 13.9. The van der Waals surface area contributed by atoms with Crippen molar-refractivity contribution in [1.29, 1.82) is 5.41 Å². The fraction of sp³-hybridized carbons (Fsp3) is 0.778. The summed E-state index contributed by atoms with van der Waals surface area (Å²) >= 11 is 0. The Morgan fingerprint density at radius 1 is 1.36 bits per heavy atom. The fourth-order valence-corrected chi connectivity index (χ4v) is 1.71. The summed E-state index contributed by atoms with van der Waals surface area (Å²) in [5.74, 6) is -0.0718. The van der Waals surface area contributed by atoms with Crippen molar-refractivity contribution in [1.82, 2.24) is 9.80 Å². The maximum Gasteiger partial charge on any atom is 0.327 e. The van der Waals surface area contributed by atoms with Gasteiger partial charge >= 0.3 is 6.03 Å². The second-order valence-corrected chi connectivity index (χ2v) is 4.67. The van der Waals surface area contributed by atoms with Crippen molar-refractivity contribution in [3.63, 3.8) is 0 Å². The van der Waals surface area contributed by atoms with Crippen LogP contribution in [0.1, 0.15) is 20.8 Å². The average Bonchev–Trinajstić information content (AvgIpc) is 2.21. The number of carbonyl (C=O) groups excluding carboxylic acids is 1. The first-order chi connectivity index (χ1) is 6.14. The molecule has 1 atom stereocenters. The van der Waals surface area contributed by atoms with Crippen LogP contribution in [0.2, 0.25) is 0 Å². The zero-order chi connectivity index (χ0) is 11.3. The number of urea groups is 1. The molecule has 0 aromatic rings. The fourth-order valence-electron chi connectivity index (χ4n) is 1.71. The Kier molecular flexibility index (Phi) is 2.11. The van der Waals surface area contributed by atoms with Gasteiger partial charge in [0.1, 0.15) is 0 Å². The zero-order valence-corrected chi connectivity index (χ0v) is 9.25. The molecule has 0 saturated carbocycles. The van der Waals surface area contributed by atoms with Gasteiger partial charge in [0, 0.05) is 19.5 Å². The van der Waals surface area contributed by atoms with Crippen LogP contribution < -0.4 is 0 Å². The molecule has 1 heterocycles. The van der Waals surface area contributed by atoms with E-state index in [0.29, 0.717) is 0 Å². The van der Waals surface area contributed by atoms with Gasteiger partial charge in [-0.25, -0.2) is 4.79 Å². The first kappa shape index (κ1) is 11.0. The topological polar surface area (TPSA) is 67.6 Å². The van der Waals surface area contributed by atoms with E-state index >= 15 is 0 Å². The molecule has 1 unspecified atom stereocenters. The molecule has 1 saturated heterocycles. The Labute approximate surface area is 83.8 Å². The van der Waals surface area contributed by atoms with Crippen molar-refractivity contribution >= 4 is 11.9 Å². The van der Waals surface area contributed by atoms with Crippen molar-refractivity contribution in [2.45, 2.75) is 26.5 Å². The Morgan fingerprint density at radius 2 is 1.79 bits per heavy atom. The molecule has 0 aromatic heterocycles. The Bertz CT molecular complexity index is 295. The highest BCUT2D eigenvalue weighted by Crippen LogP contribution is 2.38. The molecule has 1 aliphatic rings. The highest BCUT2D eigenvalue weighted by Gasteiger charge is 2.57. The smallest absolute Gasteiger partial charge is 0.327 e. The number of rotatable bonds is 0. The molecule has 0 radical (unpaired) electrons. The van der Waals surface area contributed by atoms with Crippen molar-refractivity contribution < 1.29 is 9.90 Å². The summed E-state index contributed by atoms with van der Waals surface area (Å²) in [5, 5.41) is 18.1. The second kappa shape index (κ2) is 2.70. The van der Waals surface area contributed by atoms with Crippen LogP contribution in [-0.4, -0.2) is 46.6 Å². The van der Waals surface area contributed by atoms with Gasteiger partial charge in [-0.15, -0.1) is 0 Å². The number of nitrogens with one attached hydrogen (secondary N) is 1. The molecule has 1 aliphatic heterocycles. The van der Waals surface area contributed by atoms with E-state index in [9.17, 15) is 9.90 Å². The predicted molar refractivity (Wildman–Crippen MR) is 53.1 cm³/mol. The van der Waals surface area contributed by atoms with E-state index in [-0.39, 0.29) is 11.9 Å². The molecule has 0 bridgehead atoms. The Hall–Kier alpha value is -1.10. The van der Waals surface area contributed by atoms with Crippen LogP contribution in [-0.2, 0) is 0 Å². The molecule has 2 N–H and O–H groups in total. The van der Waals surface area contributed by atoms with E-state index in [1.165, 1.54) is 19.0 Å². The molecule has 1 fully saturated rings. The third kappa shape index (κ3) is 1.05. The van der Waals surface area contributed by atoms with Crippen molar-refractivity contribution in [2.24, 2.45) is 5.41 Å². The van der Waals surface area contributed by atoms with E-state index < -0.39 is 11.1 Å². The highest BCUT2D eigenvalue weighted by atomic mass is 16.3. The maximum atomic E-state index is 11.5. The summed E-state index contributed by atoms with van der Waals surface area (Å²) in [6.07, 6.45) is 0. The first-order valence-corrected chi connectivity index (χ1v) is 4.47. The van der Waals surface area contributed by atoms with Crippen LogP contribution in [0.4, 0.5) is 4.79 Å². The summed E-state index contributed by atoms with van der Waals surface area (Å²) in [5.41, 5.74) is -2.10. The van der Waals surface area contributed by atoms with Gasteiger partial charge in [0.05, 0.1) is 0 Å². The molecule has 5 heteroatoms. The van der Waals surface area contributed by atoms with Gasteiger partial charge < -0.3 is 5.11 Å². The summed E-state index contributed by atoms with van der Waals surface area (Å²) < 4.78 is 0. The third-order valence-electron chi connectivity index (χ3n) is 2.77. The van der Waals surface area contributed by atoms with Gasteiger partial charge in [-0.05, 0) is 0 Å². The number of carbonyl (C=O) groups is 1. The normalized spacial score (nSPS) is 29.0. The van der Waals surface area contributed by atoms with Crippen LogP contribution in [0.5, 0.6) is 0 Å². The molecule has 1 rings (SSSR count). The molecule has 80 valence electrons. The molecular formula is C9H17N3O2. The van der Waals surface area contributed by atoms with Gasteiger partial charge in [-0.1, -0.05) is 20.8 Å². The third-order valence-corrected chi connectivity index (χ3v) is 2.77. The van der Waals surface area contributed by atoms with Gasteiger partial charge in [0.25, 0.3) is 0 Å². The van der Waals surface area contributed by atoms with Gasteiger partial charge in [0.2, 0.25) is 5.72 Å². The van der Waals surface area contributed by atoms with Crippen LogP contribution in [0.15, 0.2) is 0 Å². The van der Waals surface area contributed by atoms with Gasteiger partial charge in [-0.2, -0.15) is 0 Å². The minimum atomic E-state index is -1.52. The largest absolute Gasteiger partial charge is 0.364 e. The number of nitrogens with zero attached hydrogens (tertiary/aromatic N) is 2. The Balaban J connectivity index is 3.25. The molecule has 0 aromatic carbocycles. The molecule has 5 nitrogen and oxygen atoms in total. The molecule has 2 amide bonds. The van der Waals surface area contributed by atoms with E-state index in [0.717, 1.165) is 4.90 Å². The van der Waals surface area contributed by atoms with Crippen molar-refractivity contribution in [3.05, 3.63) is 0 Å². The van der Waals surface area contributed by atoms with E-state index in [4.69, 9.17) is 5.41 Å². The number of aliphatic hydroxyl groups is 1. The van der Waals surface area contributed by atoms with Crippen molar-refractivity contribution in [2.75, 3.05) is 14.1 Å². The minimum Gasteiger partial charge on any atom is -0.364 e.